The molecule has 0 radical (unpaired) electrons. The largest absolute Gasteiger partial charge is 0.435 e. The van der Waals surface area contributed by atoms with E-state index in [-0.39, 0.29) is 9.97 Å². The van der Waals surface area contributed by atoms with Gasteiger partial charge in [0.1, 0.15) is 5.01 Å². The maximum atomic E-state index is 12.3. The van der Waals surface area contributed by atoms with Gasteiger partial charge < -0.3 is 4.74 Å². The predicted molar refractivity (Wildman–Crippen MR) is 46.6 cm³/mol. The molecule has 0 unspecified atom stereocenters. The topological polar surface area (TPSA) is 39.4 Å². The van der Waals surface area contributed by atoms with Gasteiger partial charge in [-0.25, -0.2) is 9.50 Å². The summed E-state index contributed by atoms with van der Waals surface area (Å²) in [5.41, 5.74) is -1.05. The van der Waals surface area contributed by atoms with Gasteiger partial charge in [0.05, 0.1) is 15.5 Å². The van der Waals surface area contributed by atoms with Crippen molar-refractivity contribution < 1.29 is 20.6 Å². The van der Waals surface area contributed by atoms with Crippen LogP contribution in [0.25, 0.3) is 4.96 Å². The molecular formula is C7H6F3N3OS. The molecule has 2 heterocycles. The minimum atomic E-state index is -4.53. The number of aromatic nitrogens is 3. The number of hydrogen-bond donors (Lipinski definition) is 0. The molecule has 0 atom stereocenters. The van der Waals surface area contributed by atoms with Crippen molar-refractivity contribution in [1.82, 2.24) is 14.6 Å². The smallest absolute Gasteiger partial charge is 0.377 e. The summed E-state index contributed by atoms with van der Waals surface area (Å²) in [6.07, 6.45) is -3.82. The number of methoxy groups -OCH3 is 1. The molecule has 0 spiro atoms. The lowest BCUT2D eigenvalue weighted by molar-refractivity contribution is -0.140. The van der Waals surface area contributed by atoms with Gasteiger partial charge in [0, 0.05) is 7.11 Å². The second kappa shape index (κ2) is 3.46. The van der Waals surface area contributed by atoms with Crippen molar-refractivity contribution in [2.24, 2.45) is 0 Å². The minimum absolute atomic E-state index is 0.0340. The van der Waals surface area contributed by atoms with E-state index in [0.717, 1.165) is 11.6 Å². The second-order valence-electron chi connectivity index (χ2n) is 2.56. The fraction of sp³-hybridized carbons (Fsp3) is 0.429. The van der Waals surface area contributed by atoms with Crippen molar-refractivity contribution in [1.29, 1.82) is 0 Å². The van der Waals surface area contributed by atoms with Crippen LogP contribution >= 0.6 is 11.3 Å². The van der Waals surface area contributed by atoms with E-state index in [2.05, 4.69) is 14.8 Å². The summed E-state index contributed by atoms with van der Waals surface area (Å²) >= 11 is 0.706. The highest BCUT2D eigenvalue weighted by Gasteiger charge is 2.34. The maximum Gasteiger partial charge on any atom is 0.435 e. The highest BCUT2D eigenvalue weighted by atomic mass is 32.1. The first kappa shape index (κ1) is 8.05. The van der Waals surface area contributed by atoms with Crippen LogP contribution in [-0.2, 0) is 17.5 Å². The predicted octanol–water partition coefficient (Wildman–Crippen LogP) is 1.96. The summed E-state index contributed by atoms with van der Waals surface area (Å²) < 4.78 is 57.1. The number of nitrogens with zero attached hydrogens (tertiary/aromatic N) is 3. The number of fused-ring (bicyclic) bond motifs is 1. The molecule has 0 saturated heterocycles. The van der Waals surface area contributed by atoms with Crippen LogP contribution in [-0.4, -0.2) is 21.7 Å². The molecule has 0 amide bonds. The SMILES string of the molecule is [2H]C([2H])(OC)c1nn2cc(C(F)(F)F)nc2s1. The lowest BCUT2D eigenvalue weighted by atomic mass is 10.5. The lowest BCUT2D eigenvalue weighted by Gasteiger charge is -1.98. The summed E-state index contributed by atoms with van der Waals surface area (Å²) in [6, 6.07) is 0. The summed E-state index contributed by atoms with van der Waals surface area (Å²) in [5, 5.41) is 3.58. The zero-order valence-electron chi connectivity index (χ0n) is 9.37. The molecule has 0 aliphatic rings. The molecule has 0 saturated carbocycles. The van der Waals surface area contributed by atoms with E-state index in [9.17, 15) is 13.2 Å². The Hall–Kier alpha value is -1.15. The molecule has 82 valence electrons. The van der Waals surface area contributed by atoms with Crippen molar-refractivity contribution in [3.8, 4) is 0 Å². The van der Waals surface area contributed by atoms with Gasteiger partial charge in [-0.2, -0.15) is 18.3 Å². The molecular weight excluding hydrogens is 231 g/mol. The van der Waals surface area contributed by atoms with Gasteiger partial charge in [-0.3, -0.25) is 0 Å². The van der Waals surface area contributed by atoms with E-state index in [1.165, 1.54) is 0 Å². The van der Waals surface area contributed by atoms with Gasteiger partial charge in [-0.05, 0) is 0 Å². The highest BCUT2D eigenvalue weighted by molar-refractivity contribution is 7.16. The Morgan fingerprint density at radius 1 is 1.67 bits per heavy atom. The normalized spacial score (nSPS) is 15.5. The average molecular weight is 239 g/mol. The molecule has 0 aliphatic carbocycles. The summed E-state index contributed by atoms with van der Waals surface area (Å²) in [4.78, 5) is 3.29. The van der Waals surface area contributed by atoms with Crippen LogP contribution in [0.15, 0.2) is 6.20 Å². The van der Waals surface area contributed by atoms with Crippen molar-refractivity contribution in [3.05, 3.63) is 16.9 Å². The van der Waals surface area contributed by atoms with Crippen LogP contribution in [0.4, 0.5) is 13.2 Å². The summed E-state index contributed by atoms with van der Waals surface area (Å²) in [7, 11) is 1.14. The third-order valence-electron chi connectivity index (χ3n) is 1.52. The molecule has 0 fully saturated rings. The summed E-state index contributed by atoms with van der Waals surface area (Å²) in [6.45, 7) is -2.14. The van der Waals surface area contributed by atoms with Gasteiger partial charge in [-0.1, -0.05) is 11.3 Å². The molecule has 0 aliphatic heterocycles. The Kier molecular flexibility index (Phi) is 1.86. The van der Waals surface area contributed by atoms with Gasteiger partial charge in [0.2, 0.25) is 4.96 Å². The molecule has 0 N–H and O–H groups in total. The zero-order chi connectivity index (χ0) is 12.8. The Morgan fingerprint density at radius 3 is 2.93 bits per heavy atom. The second-order valence-corrected chi connectivity index (χ2v) is 3.52. The van der Waals surface area contributed by atoms with Crippen LogP contribution in [0.3, 0.4) is 0 Å². The maximum absolute atomic E-state index is 12.3. The van der Waals surface area contributed by atoms with Crippen molar-refractivity contribution >= 4 is 16.3 Å². The average Bonchev–Trinajstić information content (AvgIpc) is 2.72. The molecule has 2 aromatic rings. The van der Waals surface area contributed by atoms with Crippen molar-refractivity contribution in [3.63, 3.8) is 0 Å². The van der Waals surface area contributed by atoms with Crippen LogP contribution in [0, 0.1) is 0 Å². The third kappa shape index (κ3) is 1.95. The number of imidazole rings is 1. The first-order valence-corrected chi connectivity index (χ1v) is 4.55. The lowest BCUT2D eigenvalue weighted by Crippen LogP contribution is -2.04. The highest BCUT2D eigenvalue weighted by Crippen LogP contribution is 2.29. The van der Waals surface area contributed by atoms with Crippen LogP contribution < -0.4 is 0 Å². The zero-order valence-corrected chi connectivity index (χ0v) is 8.19. The number of ether oxygens (including phenoxy) is 1. The first-order valence-electron chi connectivity index (χ1n) is 4.73. The van der Waals surface area contributed by atoms with E-state index in [0.29, 0.717) is 17.5 Å². The molecule has 0 bridgehead atoms. The van der Waals surface area contributed by atoms with E-state index >= 15 is 0 Å². The number of rotatable bonds is 2. The first-order chi connectivity index (χ1) is 7.74. The van der Waals surface area contributed by atoms with Crippen molar-refractivity contribution in [2.75, 3.05) is 7.11 Å². The fourth-order valence-corrected chi connectivity index (χ4v) is 1.72. The van der Waals surface area contributed by atoms with Gasteiger partial charge in [0.15, 0.2) is 5.69 Å². The number of alkyl halides is 3. The third-order valence-corrected chi connectivity index (χ3v) is 2.34. The van der Waals surface area contributed by atoms with E-state index in [1.807, 2.05) is 0 Å². The van der Waals surface area contributed by atoms with Gasteiger partial charge >= 0.3 is 6.18 Å². The molecule has 8 heteroatoms. The van der Waals surface area contributed by atoms with E-state index in [4.69, 9.17) is 2.74 Å². The Balaban J connectivity index is 2.45. The van der Waals surface area contributed by atoms with E-state index in [1.54, 1.807) is 0 Å². The number of halogens is 3. The van der Waals surface area contributed by atoms with Gasteiger partial charge in [-0.15, -0.1) is 0 Å². The molecule has 2 aromatic heterocycles. The molecule has 15 heavy (non-hydrogen) atoms. The quantitative estimate of drug-likeness (QED) is 0.804. The minimum Gasteiger partial charge on any atom is -0.377 e. The van der Waals surface area contributed by atoms with Crippen LogP contribution in [0.5, 0.6) is 0 Å². The Bertz CT molecular complexity index is 519. The number of hydrogen-bond acceptors (Lipinski definition) is 4. The monoisotopic (exact) mass is 239 g/mol. The summed E-state index contributed by atoms with van der Waals surface area (Å²) in [5.74, 6) is 0. The molecule has 2 rings (SSSR count). The Morgan fingerprint density at radius 2 is 2.40 bits per heavy atom. The fourth-order valence-electron chi connectivity index (χ4n) is 0.965. The standard InChI is InChI=1S/C7H6F3N3OS/c1-14-3-5-12-13-2-4(7(8,9)10)11-6(13)15-5/h2H,3H2,1H3/i3D2. The Labute approximate surface area is 89.1 Å². The van der Waals surface area contributed by atoms with E-state index < -0.39 is 18.4 Å². The van der Waals surface area contributed by atoms with Gasteiger partial charge in [0.25, 0.3) is 0 Å². The van der Waals surface area contributed by atoms with Crippen molar-refractivity contribution in [2.45, 2.75) is 12.7 Å². The van der Waals surface area contributed by atoms with Crippen LogP contribution in [0.2, 0.25) is 0 Å². The molecule has 0 aromatic carbocycles. The molecule has 4 nitrogen and oxygen atoms in total. The van der Waals surface area contributed by atoms with Crippen LogP contribution in [0.1, 0.15) is 13.4 Å².